The molecule has 1 N–H and O–H groups in total. The van der Waals surface area contributed by atoms with Crippen LogP contribution in [0.4, 0.5) is 5.69 Å². The van der Waals surface area contributed by atoms with Crippen molar-refractivity contribution in [2.75, 3.05) is 44.2 Å². The third kappa shape index (κ3) is 4.87. The van der Waals surface area contributed by atoms with Gasteiger partial charge in [0.05, 0.1) is 0 Å². The molecular weight excluding hydrogens is 282 g/mol. The molecule has 21 heavy (non-hydrogen) atoms. The van der Waals surface area contributed by atoms with Crippen LogP contribution in [-0.4, -0.2) is 44.2 Å². The topological polar surface area (TPSA) is 18.5 Å². The minimum atomic E-state index is 0.665. The van der Waals surface area contributed by atoms with Crippen LogP contribution in [0.25, 0.3) is 0 Å². The number of hydrogen-bond donors (Lipinski definition) is 1. The lowest BCUT2D eigenvalue weighted by atomic mass is 10.1. The first kappa shape index (κ1) is 16.6. The van der Waals surface area contributed by atoms with Crippen molar-refractivity contribution < 1.29 is 0 Å². The molecule has 1 heterocycles. The molecule has 0 spiro atoms. The molecule has 2 rings (SSSR count). The lowest BCUT2D eigenvalue weighted by Crippen LogP contribution is -2.46. The van der Waals surface area contributed by atoms with Gasteiger partial charge in [-0.15, -0.1) is 0 Å². The highest BCUT2D eigenvalue weighted by Crippen LogP contribution is 2.24. The van der Waals surface area contributed by atoms with Crippen molar-refractivity contribution in [3.63, 3.8) is 0 Å². The number of nitrogens with one attached hydrogen (secondary N) is 1. The second-order valence-electron chi connectivity index (χ2n) is 6.22. The first-order chi connectivity index (χ1) is 10.1. The third-order valence-electron chi connectivity index (χ3n) is 4.09. The molecule has 1 saturated heterocycles. The summed E-state index contributed by atoms with van der Waals surface area (Å²) in [6, 6.07) is 6.49. The number of rotatable bonds is 6. The van der Waals surface area contributed by atoms with Gasteiger partial charge in [-0.1, -0.05) is 38.4 Å². The van der Waals surface area contributed by atoms with Crippen LogP contribution in [0.5, 0.6) is 0 Å². The number of hydrogen-bond acceptors (Lipinski definition) is 3. The summed E-state index contributed by atoms with van der Waals surface area (Å²) in [4.78, 5) is 4.92. The van der Waals surface area contributed by atoms with E-state index in [0.29, 0.717) is 5.92 Å². The van der Waals surface area contributed by atoms with Crippen molar-refractivity contribution in [3.8, 4) is 0 Å². The summed E-state index contributed by atoms with van der Waals surface area (Å²) in [7, 11) is 0. The Labute approximate surface area is 134 Å². The fourth-order valence-corrected chi connectivity index (χ4v) is 2.94. The fraction of sp³-hybridized carbons (Fsp3) is 0.647. The molecule has 1 aliphatic rings. The van der Waals surface area contributed by atoms with Crippen LogP contribution in [0.1, 0.15) is 26.3 Å². The van der Waals surface area contributed by atoms with E-state index >= 15 is 0 Å². The normalized spacial score (nSPS) is 16.7. The van der Waals surface area contributed by atoms with Gasteiger partial charge in [-0.2, -0.15) is 0 Å². The molecular formula is C17H28ClN3. The molecule has 0 atom stereocenters. The van der Waals surface area contributed by atoms with E-state index in [2.05, 4.69) is 54.1 Å². The lowest BCUT2D eigenvalue weighted by molar-refractivity contribution is 0.271. The Morgan fingerprint density at radius 1 is 1.19 bits per heavy atom. The summed E-state index contributed by atoms with van der Waals surface area (Å²) >= 11 is 6.44. The Hall–Kier alpha value is -0.770. The minimum absolute atomic E-state index is 0.665. The highest BCUT2D eigenvalue weighted by Gasteiger charge is 2.16. The Morgan fingerprint density at radius 2 is 1.90 bits per heavy atom. The van der Waals surface area contributed by atoms with Crippen LogP contribution in [0.15, 0.2) is 18.2 Å². The first-order valence-electron chi connectivity index (χ1n) is 8.06. The molecule has 0 bridgehead atoms. The maximum Gasteiger partial charge on any atom is 0.0471 e. The number of piperazine rings is 1. The van der Waals surface area contributed by atoms with Crippen molar-refractivity contribution in [1.82, 2.24) is 10.2 Å². The van der Waals surface area contributed by atoms with Gasteiger partial charge in [-0.3, -0.25) is 0 Å². The van der Waals surface area contributed by atoms with E-state index in [4.69, 9.17) is 11.6 Å². The lowest BCUT2D eigenvalue weighted by Gasteiger charge is -2.35. The highest BCUT2D eigenvalue weighted by molar-refractivity contribution is 6.31. The summed E-state index contributed by atoms with van der Waals surface area (Å²) in [5, 5.41) is 4.33. The Bertz CT molecular complexity index is 440. The van der Waals surface area contributed by atoms with Crippen molar-refractivity contribution in [1.29, 1.82) is 0 Å². The molecule has 118 valence electrons. The smallest absolute Gasteiger partial charge is 0.0471 e. The van der Waals surface area contributed by atoms with Gasteiger partial charge in [0.15, 0.2) is 0 Å². The van der Waals surface area contributed by atoms with Gasteiger partial charge in [-0.25, -0.2) is 0 Å². The third-order valence-corrected chi connectivity index (χ3v) is 4.44. The maximum absolute atomic E-state index is 6.44. The van der Waals surface area contributed by atoms with E-state index in [1.165, 1.54) is 11.3 Å². The number of anilines is 1. The van der Waals surface area contributed by atoms with Crippen LogP contribution in [0, 0.1) is 5.92 Å². The average Bonchev–Trinajstić information content (AvgIpc) is 2.48. The zero-order valence-electron chi connectivity index (χ0n) is 13.5. The van der Waals surface area contributed by atoms with Crippen LogP contribution in [0.3, 0.4) is 0 Å². The van der Waals surface area contributed by atoms with Gasteiger partial charge in [0, 0.05) is 43.4 Å². The van der Waals surface area contributed by atoms with Gasteiger partial charge in [0.25, 0.3) is 0 Å². The molecule has 1 aliphatic heterocycles. The van der Waals surface area contributed by atoms with Gasteiger partial charge in [0.1, 0.15) is 0 Å². The summed E-state index contributed by atoms with van der Waals surface area (Å²) in [6.07, 6.45) is 0. The van der Waals surface area contributed by atoms with E-state index in [1.807, 2.05) is 0 Å². The van der Waals surface area contributed by atoms with E-state index in [0.717, 1.165) is 50.8 Å². The van der Waals surface area contributed by atoms with Gasteiger partial charge in [-0.05, 0) is 36.7 Å². The van der Waals surface area contributed by atoms with Crippen LogP contribution in [0.2, 0.25) is 5.02 Å². The van der Waals surface area contributed by atoms with Crippen molar-refractivity contribution >= 4 is 17.3 Å². The number of halogens is 1. The molecule has 3 nitrogen and oxygen atoms in total. The Morgan fingerprint density at radius 3 is 2.48 bits per heavy atom. The number of benzene rings is 1. The maximum atomic E-state index is 6.44. The SMILES string of the molecule is CCN1CCN(c2ccc(CNCC(C)C)c(Cl)c2)CC1. The van der Waals surface area contributed by atoms with Crippen LogP contribution in [-0.2, 0) is 6.54 Å². The second kappa shape index (κ2) is 8.02. The molecule has 1 fully saturated rings. The zero-order valence-corrected chi connectivity index (χ0v) is 14.3. The molecule has 1 aromatic rings. The number of nitrogens with zero attached hydrogens (tertiary/aromatic N) is 2. The Kier molecular flexibility index (Phi) is 6.34. The molecule has 0 amide bonds. The summed E-state index contributed by atoms with van der Waals surface area (Å²) in [5.41, 5.74) is 2.44. The highest BCUT2D eigenvalue weighted by atomic mass is 35.5. The average molecular weight is 310 g/mol. The monoisotopic (exact) mass is 309 g/mol. The Balaban J connectivity index is 1.92. The summed E-state index contributed by atoms with van der Waals surface area (Å²) in [6.45, 7) is 14.2. The van der Waals surface area contributed by atoms with E-state index in [1.54, 1.807) is 0 Å². The molecule has 1 aromatic carbocycles. The predicted molar refractivity (Wildman–Crippen MR) is 92.3 cm³/mol. The zero-order chi connectivity index (χ0) is 15.2. The van der Waals surface area contributed by atoms with Crippen molar-refractivity contribution in [2.45, 2.75) is 27.3 Å². The molecule has 0 aromatic heterocycles. The standard InChI is InChI=1S/C17H28ClN3/c1-4-20-7-9-21(10-8-20)16-6-5-15(17(18)11-16)13-19-12-14(2)3/h5-6,11,14,19H,4,7-10,12-13H2,1-3H3. The van der Waals surface area contributed by atoms with Gasteiger partial charge >= 0.3 is 0 Å². The first-order valence-corrected chi connectivity index (χ1v) is 8.44. The van der Waals surface area contributed by atoms with Crippen molar-refractivity contribution in [3.05, 3.63) is 28.8 Å². The van der Waals surface area contributed by atoms with Gasteiger partial charge < -0.3 is 15.1 Å². The van der Waals surface area contributed by atoms with Crippen molar-refractivity contribution in [2.24, 2.45) is 5.92 Å². The summed E-state index contributed by atoms with van der Waals surface area (Å²) < 4.78 is 0. The molecule has 4 heteroatoms. The second-order valence-corrected chi connectivity index (χ2v) is 6.63. The quantitative estimate of drug-likeness (QED) is 0.870. The minimum Gasteiger partial charge on any atom is -0.369 e. The molecule has 0 aliphatic carbocycles. The molecule has 0 unspecified atom stereocenters. The number of likely N-dealkylation sites (N-methyl/N-ethyl adjacent to an activating group) is 1. The predicted octanol–water partition coefficient (Wildman–Crippen LogP) is 3.23. The van der Waals surface area contributed by atoms with Crippen LogP contribution < -0.4 is 10.2 Å². The fourth-order valence-electron chi connectivity index (χ4n) is 2.69. The molecule has 0 radical (unpaired) electrons. The summed E-state index contributed by atoms with van der Waals surface area (Å²) in [5.74, 6) is 0.665. The van der Waals surface area contributed by atoms with Crippen LogP contribution >= 0.6 is 11.6 Å². The van der Waals surface area contributed by atoms with E-state index < -0.39 is 0 Å². The largest absolute Gasteiger partial charge is 0.369 e. The molecule has 0 saturated carbocycles. The van der Waals surface area contributed by atoms with E-state index in [9.17, 15) is 0 Å². The van der Waals surface area contributed by atoms with E-state index in [-0.39, 0.29) is 0 Å². The van der Waals surface area contributed by atoms with Gasteiger partial charge in [0.2, 0.25) is 0 Å².